The van der Waals surface area contributed by atoms with Crippen LogP contribution < -0.4 is 0 Å². The third kappa shape index (κ3) is 2.45. The topological polar surface area (TPSA) is 60.4 Å². The summed E-state index contributed by atoms with van der Waals surface area (Å²) in [4.78, 5) is 36.6. The van der Waals surface area contributed by atoms with Crippen molar-refractivity contribution in [2.75, 3.05) is 7.11 Å². The van der Waals surface area contributed by atoms with Gasteiger partial charge in [0.1, 0.15) is 11.6 Å². The number of hydrogen-bond donors (Lipinski definition) is 0. The van der Waals surface area contributed by atoms with Gasteiger partial charge in [0, 0.05) is 30.1 Å². The highest BCUT2D eigenvalue weighted by Crippen LogP contribution is 2.61. The molecule has 3 aliphatic rings. The number of rotatable bonds is 3. The van der Waals surface area contributed by atoms with Crippen LogP contribution in [0.15, 0.2) is 0 Å². The van der Waals surface area contributed by atoms with Crippen LogP contribution in [-0.2, 0) is 19.1 Å². The number of fused-ring (bicyclic) bond motifs is 3. The van der Waals surface area contributed by atoms with Gasteiger partial charge in [-0.15, -0.1) is 0 Å². The first kappa shape index (κ1) is 16.7. The summed E-state index contributed by atoms with van der Waals surface area (Å²) in [6, 6.07) is 0. The fourth-order valence-electron chi connectivity index (χ4n) is 5.83. The fourth-order valence-corrected chi connectivity index (χ4v) is 5.83. The molecule has 3 saturated carbocycles. The van der Waals surface area contributed by atoms with Gasteiger partial charge < -0.3 is 4.74 Å². The molecular weight excluding hydrogens is 292 g/mol. The Kier molecular flexibility index (Phi) is 4.14. The molecular formula is C19H28O4. The van der Waals surface area contributed by atoms with Crippen LogP contribution in [-0.4, -0.2) is 24.6 Å². The molecule has 0 aromatic heterocycles. The second kappa shape index (κ2) is 5.71. The number of ketones is 2. The molecule has 0 N–H and O–H groups in total. The molecule has 23 heavy (non-hydrogen) atoms. The molecule has 0 bridgehead atoms. The number of methoxy groups -OCH3 is 1. The van der Waals surface area contributed by atoms with Gasteiger partial charge in [0.15, 0.2) is 0 Å². The van der Waals surface area contributed by atoms with E-state index < -0.39 is 5.41 Å². The molecule has 3 aliphatic carbocycles. The predicted octanol–water partition coefficient (Wildman–Crippen LogP) is 3.32. The summed E-state index contributed by atoms with van der Waals surface area (Å²) in [7, 11) is 1.40. The normalized spacial score (nSPS) is 43.0. The van der Waals surface area contributed by atoms with E-state index in [1.54, 1.807) is 0 Å². The van der Waals surface area contributed by atoms with Gasteiger partial charge >= 0.3 is 5.97 Å². The molecule has 0 heterocycles. The molecule has 0 spiro atoms. The lowest BCUT2D eigenvalue weighted by molar-refractivity contribution is -0.150. The summed E-state index contributed by atoms with van der Waals surface area (Å²) >= 11 is 0. The van der Waals surface area contributed by atoms with E-state index in [0.717, 1.165) is 25.7 Å². The van der Waals surface area contributed by atoms with Crippen LogP contribution in [0.4, 0.5) is 0 Å². The van der Waals surface area contributed by atoms with E-state index in [-0.39, 0.29) is 11.4 Å². The minimum Gasteiger partial charge on any atom is -0.469 e. The van der Waals surface area contributed by atoms with Crippen LogP contribution in [0.3, 0.4) is 0 Å². The van der Waals surface area contributed by atoms with Crippen molar-refractivity contribution in [2.45, 2.75) is 65.2 Å². The molecule has 4 nitrogen and oxygen atoms in total. The molecule has 4 heteroatoms. The first-order valence-corrected chi connectivity index (χ1v) is 8.96. The molecule has 3 fully saturated rings. The molecule has 0 aliphatic heterocycles. The molecule has 5 atom stereocenters. The molecule has 128 valence electrons. The second-order valence-electron chi connectivity index (χ2n) is 8.25. The smallest absolute Gasteiger partial charge is 0.305 e. The zero-order valence-corrected chi connectivity index (χ0v) is 14.5. The van der Waals surface area contributed by atoms with E-state index in [4.69, 9.17) is 4.74 Å². The van der Waals surface area contributed by atoms with Crippen molar-refractivity contribution in [1.29, 1.82) is 0 Å². The number of Topliss-reactive ketones (excluding diaryl/α,β-unsaturated/α-hetero) is 2. The van der Waals surface area contributed by atoms with Crippen molar-refractivity contribution in [3.63, 3.8) is 0 Å². The molecule has 0 amide bonds. The van der Waals surface area contributed by atoms with E-state index in [2.05, 4.69) is 13.8 Å². The Bertz CT molecular complexity index is 539. The summed E-state index contributed by atoms with van der Waals surface area (Å²) in [6.45, 7) is 4.19. The lowest BCUT2D eigenvalue weighted by Gasteiger charge is -2.54. The molecule has 0 saturated heterocycles. The van der Waals surface area contributed by atoms with Crippen molar-refractivity contribution in [3.05, 3.63) is 0 Å². The average Bonchev–Trinajstić information content (AvgIpc) is 2.84. The highest BCUT2D eigenvalue weighted by atomic mass is 16.5. The van der Waals surface area contributed by atoms with Crippen LogP contribution in [0.5, 0.6) is 0 Å². The lowest BCUT2D eigenvalue weighted by Crippen LogP contribution is -2.52. The Balaban J connectivity index is 1.84. The van der Waals surface area contributed by atoms with Crippen molar-refractivity contribution in [1.82, 2.24) is 0 Å². The first-order chi connectivity index (χ1) is 10.8. The maximum absolute atomic E-state index is 12.7. The highest BCUT2D eigenvalue weighted by molar-refractivity contribution is 5.88. The standard InChI is InChI=1S/C19H28O4/c1-18-10-8-14-12(13(18)5-7-16(18)21)4-6-15(20)19(14,2)11-9-17(22)23-3/h12-14H,4-11H2,1-3H3/t12-,13-,14-,18-,19+/m0/s1. The number of carbonyl (C=O) groups excluding carboxylic acids is 3. The third-order valence-electron chi connectivity index (χ3n) is 7.38. The molecule has 0 aromatic rings. The van der Waals surface area contributed by atoms with Crippen LogP contribution in [0, 0.1) is 28.6 Å². The van der Waals surface area contributed by atoms with Crippen LogP contribution >= 0.6 is 0 Å². The quantitative estimate of drug-likeness (QED) is 0.748. The number of carbonyl (C=O) groups is 3. The van der Waals surface area contributed by atoms with Crippen LogP contribution in [0.25, 0.3) is 0 Å². The summed E-state index contributed by atoms with van der Waals surface area (Å²) < 4.78 is 4.76. The summed E-state index contributed by atoms with van der Waals surface area (Å²) in [5.74, 6) is 1.69. The zero-order chi connectivity index (χ0) is 16.8. The van der Waals surface area contributed by atoms with E-state index in [1.165, 1.54) is 7.11 Å². The second-order valence-corrected chi connectivity index (χ2v) is 8.25. The highest BCUT2D eigenvalue weighted by Gasteiger charge is 2.59. The minimum absolute atomic E-state index is 0.162. The van der Waals surface area contributed by atoms with E-state index >= 15 is 0 Å². The van der Waals surface area contributed by atoms with E-state index in [9.17, 15) is 14.4 Å². The third-order valence-corrected chi connectivity index (χ3v) is 7.38. The van der Waals surface area contributed by atoms with Crippen LogP contribution in [0.1, 0.15) is 65.2 Å². The lowest BCUT2D eigenvalue weighted by atomic mass is 9.49. The Morgan fingerprint density at radius 2 is 1.78 bits per heavy atom. The van der Waals surface area contributed by atoms with Gasteiger partial charge in [-0.25, -0.2) is 0 Å². The van der Waals surface area contributed by atoms with E-state index in [1.807, 2.05) is 0 Å². The van der Waals surface area contributed by atoms with Gasteiger partial charge in [-0.05, 0) is 49.9 Å². The van der Waals surface area contributed by atoms with Gasteiger partial charge in [-0.2, -0.15) is 0 Å². The fraction of sp³-hybridized carbons (Fsp3) is 0.842. The maximum Gasteiger partial charge on any atom is 0.305 e. The minimum atomic E-state index is -0.427. The number of esters is 1. The first-order valence-electron chi connectivity index (χ1n) is 8.96. The van der Waals surface area contributed by atoms with Gasteiger partial charge in [0.05, 0.1) is 7.11 Å². The Hall–Kier alpha value is -1.19. The monoisotopic (exact) mass is 320 g/mol. The predicted molar refractivity (Wildman–Crippen MR) is 85.7 cm³/mol. The summed E-state index contributed by atoms with van der Waals surface area (Å²) in [5, 5.41) is 0. The van der Waals surface area contributed by atoms with Gasteiger partial charge in [-0.3, -0.25) is 14.4 Å². The Labute approximate surface area is 138 Å². The van der Waals surface area contributed by atoms with Crippen molar-refractivity contribution in [3.8, 4) is 0 Å². The molecule has 0 aromatic carbocycles. The van der Waals surface area contributed by atoms with Crippen molar-refractivity contribution >= 4 is 17.5 Å². The van der Waals surface area contributed by atoms with Crippen molar-refractivity contribution in [2.24, 2.45) is 28.6 Å². The van der Waals surface area contributed by atoms with Gasteiger partial charge in [0.2, 0.25) is 0 Å². The van der Waals surface area contributed by atoms with Crippen molar-refractivity contribution < 1.29 is 19.1 Å². The Morgan fingerprint density at radius 1 is 1.09 bits per heavy atom. The zero-order valence-electron chi connectivity index (χ0n) is 14.5. The molecule has 0 radical (unpaired) electrons. The number of ether oxygens (including phenoxy) is 1. The molecule has 3 rings (SSSR count). The van der Waals surface area contributed by atoms with Gasteiger partial charge in [-0.1, -0.05) is 13.8 Å². The maximum atomic E-state index is 12.7. The number of hydrogen-bond acceptors (Lipinski definition) is 4. The summed E-state index contributed by atoms with van der Waals surface area (Å²) in [5.41, 5.74) is -0.588. The molecule has 0 unspecified atom stereocenters. The van der Waals surface area contributed by atoms with E-state index in [0.29, 0.717) is 55.0 Å². The summed E-state index contributed by atoms with van der Waals surface area (Å²) in [6.07, 6.45) is 5.94. The average molecular weight is 320 g/mol. The Morgan fingerprint density at radius 3 is 2.48 bits per heavy atom. The largest absolute Gasteiger partial charge is 0.469 e. The SMILES string of the molecule is COC(=O)CC[C@@]1(C)C(=O)CC[C@@H]2[C@@H]1CC[C@]1(C)C(=O)CC[C@@H]21. The van der Waals surface area contributed by atoms with Crippen LogP contribution in [0.2, 0.25) is 0 Å². The van der Waals surface area contributed by atoms with Gasteiger partial charge in [0.25, 0.3) is 0 Å².